The molecule has 1 heterocycles. The molecule has 0 atom stereocenters. The molecule has 0 saturated heterocycles. The van der Waals surface area contributed by atoms with Crippen LogP contribution in [0.1, 0.15) is 48.2 Å². The first kappa shape index (κ1) is 28.6. The fourth-order valence-electron chi connectivity index (χ4n) is 3.56. The molecule has 2 rings (SSSR count). The van der Waals surface area contributed by atoms with Gasteiger partial charge in [-0.2, -0.15) is 13.2 Å². The number of benzene rings is 1. The van der Waals surface area contributed by atoms with Crippen LogP contribution < -0.4 is 10.6 Å². The summed E-state index contributed by atoms with van der Waals surface area (Å²) in [7, 11) is 4.05. The first-order chi connectivity index (χ1) is 15.2. The number of carboxylic acid groups (broad SMARTS) is 1. The third-order valence-corrected chi connectivity index (χ3v) is 5.00. The molecule has 0 saturated carbocycles. The number of aliphatic carboxylic acids is 1. The highest BCUT2D eigenvalue weighted by atomic mass is 19.4. The Kier molecular flexibility index (Phi) is 11.0. The molecule has 0 fully saturated rings. The monoisotopic (exact) mass is 473 g/mol. The normalized spacial score (nSPS) is 13.9. The number of carbonyl (C=O) groups is 3. The van der Waals surface area contributed by atoms with Gasteiger partial charge in [-0.1, -0.05) is 26.0 Å². The minimum atomic E-state index is -5.08. The Balaban J connectivity index is 0.000000675. The highest BCUT2D eigenvalue weighted by Crippen LogP contribution is 2.18. The van der Waals surface area contributed by atoms with Crippen LogP contribution in [0.2, 0.25) is 0 Å². The number of carboxylic acids is 1. The van der Waals surface area contributed by atoms with Gasteiger partial charge in [0.15, 0.2) is 5.78 Å². The number of ketones is 1. The van der Waals surface area contributed by atoms with Crippen molar-refractivity contribution >= 4 is 17.7 Å². The first-order valence-corrected chi connectivity index (χ1v) is 10.8. The lowest BCUT2D eigenvalue weighted by Crippen LogP contribution is -2.40. The topological polar surface area (TPSA) is 98.7 Å². The zero-order valence-electron chi connectivity index (χ0n) is 19.6. The number of rotatable bonds is 8. The maximum Gasteiger partial charge on any atom is 0.490 e. The van der Waals surface area contributed by atoms with Crippen molar-refractivity contribution in [3.63, 3.8) is 0 Å². The molecule has 33 heavy (non-hydrogen) atoms. The Hall–Kier alpha value is -2.46. The van der Waals surface area contributed by atoms with Crippen LogP contribution in [0.15, 0.2) is 18.2 Å². The van der Waals surface area contributed by atoms with Crippen LogP contribution in [0.3, 0.4) is 0 Å². The van der Waals surface area contributed by atoms with Gasteiger partial charge in [0.1, 0.15) is 0 Å². The van der Waals surface area contributed by atoms with Gasteiger partial charge in [0.05, 0.1) is 0 Å². The van der Waals surface area contributed by atoms with Crippen LogP contribution in [-0.2, 0) is 22.4 Å². The number of alkyl halides is 3. The lowest BCUT2D eigenvalue weighted by Gasteiger charge is -2.28. The van der Waals surface area contributed by atoms with Crippen molar-refractivity contribution in [3.8, 4) is 0 Å². The highest BCUT2D eigenvalue weighted by Gasteiger charge is 2.38. The summed E-state index contributed by atoms with van der Waals surface area (Å²) in [5.74, 6) is -2.76. The Morgan fingerprint density at radius 1 is 1.06 bits per heavy atom. The molecule has 7 nitrogen and oxygen atoms in total. The summed E-state index contributed by atoms with van der Waals surface area (Å²) in [6, 6.07) is 5.99. The molecule has 0 bridgehead atoms. The quantitative estimate of drug-likeness (QED) is 0.502. The summed E-state index contributed by atoms with van der Waals surface area (Å²) in [5.41, 5.74) is 3.32. The van der Waals surface area contributed by atoms with E-state index in [-0.39, 0.29) is 29.9 Å². The number of nitrogens with one attached hydrogen (secondary N) is 2. The number of carbonyl (C=O) groups excluding carboxylic acids is 2. The maximum absolute atomic E-state index is 12.5. The van der Waals surface area contributed by atoms with Gasteiger partial charge in [0.25, 0.3) is 0 Å². The van der Waals surface area contributed by atoms with E-state index in [0.29, 0.717) is 6.54 Å². The van der Waals surface area contributed by atoms with Gasteiger partial charge in [-0.15, -0.1) is 0 Å². The molecule has 0 radical (unpaired) electrons. The summed E-state index contributed by atoms with van der Waals surface area (Å²) in [6.07, 6.45) is -2.61. The molecule has 1 aromatic carbocycles. The van der Waals surface area contributed by atoms with Gasteiger partial charge in [0, 0.05) is 31.5 Å². The van der Waals surface area contributed by atoms with Crippen molar-refractivity contribution in [2.45, 2.75) is 45.7 Å². The molecule has 1 aromatic rings. The van der Waals surface area contributed by atoms with Crippen LogP contribution in [0, 0.1) is 5.41 Å². The SMILES string of the molecule is CN(C)CC(C)(C)CNC(=O)CCC(=O)c1ccc2c(c1)CCNCC2.O=C(O)C(F)(F)F. The lowest BCUT2D eigenvalue weighted by molar-refractivity contribution is -0.192. The number of amides is 1. The summed E-state index contributed by atoms with van der Waals surface area (Å²) >= 11 is 0. The van der Waals surface area contributed by atoms with E-state index in [9.17, 15) is 22.8 Å². The predicted molar refractivity (Wildman–Crippen MR) is 119 cm³/mol. The smallest absolute Gasteiger partial charge is 0.475 e. The molecule has 0 spiro atoms. The Morgan fingerprint density at radius 2 is 1.64 bits per heavy atom. The molecular weight excluding hydrogens is 439 g/mol. The Labute approximate surface area is 192 Å². The van der Waals surface area contributed by atoms with E-state index in [1.54, 1.807) is 0 Å². The zero-order chi connectivity index (χ0) is 25.2. The summed E-state index contributed by atoms with van der Waals surface area (Å²) in [4.78, 5) is 35.6. The van der Waals surface area contributed by atoms with Gasteiger partial charge in [0.2, 0.25) is 5.91 Å². The van der Waals surface area contributed by atoms with E-state index >= 15 is 0 Å². The largest absolute Gasteiger partial charge is 0.490 e. The fraction of sp³-hybridized carbons (Fsp3) is 0.609. The van der Waals surface area contributed by atoms with Crippen molar-refractivity contribution in [1.29, 1.82) is 0 Å². The van der Waals surface area contributed by atoms with Crippen LogP contribution in [0.5, 0.6) is 0 Å². The number of fused-ring (bicyclic) bond motifs is 1. The standard InChI is InChI=1S/C21H33N3O2.C2HF3O2/c1-21(2,15-24(3)4)14-23-20(26)8-7-19(25)18-6-5-16-9-11-22-12-10-17(16)13-18;3-2(4,5)1(6)7/h5-6,13,22H,7-12,14-15H2,1-4H3,(H,23,26);(H,6,7). The van der Waals surface area contributed by atoms with Crippen LogP contribution in [-0.4, -0.2) is 74.1 Å². The molecule has 10 heteroatoms. The Morgan fingerprint density at radius 3 is 2.18 bits per heavy atom. The van der Waals surface area contributed by atoms with Crippen LogP contribution in [0.4, 0.5) is 13.2 Å². The lowest BCUT2D eigenvalue weighted by atomic mass is 9.93. The number of hydrogen-bond donors (Lipinski definition) is 3. The van der Waals surface area contributed by atoms with Gasteiger partial charge in [-0.3, -0.25) is 9.59 Å². The average molecular weight is 474 g/mol. The van der Waals surface area contributed by atoms with Crippen LogP contribution >= 0.6 is 0 Å². The fourth-order valence-corrected chi connectivity index (χ4v) is 3.56. The van der Waals surface area contributed by atoms with E-state index in [2.05, 4.69) is 35.4 Å². The number of hydrogen-bond acceptors (Lipinski definition) is 5. The molecule has 186 valence electrons. The van der Waals surface area contributed by atoms with Crippen LogP contribution in [0.25, 0.3) is 0 Å². The van der Waals surface area contributed by atoms with Crippen molar-refractivity contribution in [1.82, 2.24) is 15.5 Å². The second kappa shape index (κ2) is 12.7. The van der Waals surface area contributed by atoms with Crippen molar-refractivity contribution in [3.05, 3.63) is 34.9 Å². The molecule has 1 amide bonds. The van der Waals surface area contributed by atoms with Gasteiger partial charge in [-0.05, 0) is 62.6 Å². The van der Waals surface area contributed by atoms with E-state index < -0.39 is 12.1 Å². The summed E-state index contributed by atoms with van der Waals surface area (Å²) < 4.78 is 31.7. The van der Waals surface area contributed by atoms with E-state index in [1.807, 2.05) is 26.2 Å². The molecule has 0 aliphatic carbocycles. The van der Waals surface area contributed by atoms with Gasteiger partial charge in [-0.25, -0.2) is 4.79 Å². The van der Waals surface area contributed by atoms with E-state index in [0.717, 1.165) is 38.0 Å². The first-order valence-electron chi connectivity index (χ1n) is 10.8. The number of halogens is 3. The number of nitrogens with zero attached hydrogens (tertiary/aromatic N) is 1. The van der Waals surface area contributed by atoms with E-state index in [4.69, 9.17) is 9.90 Å². The molecular formula is C23H34F3N3O4. The number of Topliss-reactive ketones (excluding diaryl/α,β-unsaturated/α-hetero) is 1. The summed E-state index contributed by atoms with van der Waals surface area (Å²) in [5, 5.41) is 13.5. The minimum Gasteiger partial charge on any atom is -0.475 e. The average Bonchev–Trinajstić information content (AvgIpc) is 2.94. The van der Waals surface area contributed by atoms with Crippen molar-refractivity contribution in [2.75, 3.05) is 40.3 Å². The molecule has 0 unspecified atom stereocenters. The second-order valence-electron chi connectivity index (χ2n) is 9.14. The maximum atomic E-state index is 12.5. The third kappa shape index (κ3) is 11.3. The molecule has 1 aliphatic heterocycles. The van der Waals surface area contributed by atoms with Gasteiger partial charge < -0.3 is 20.6 Å². The third-order valence-electron chi connectivity index (χ3n) is 5.00. The minimum absolute atomic E-state index is 0.00814. The summed E-state index contributed by atoms with van der Waals surface area (Å²) in [6.45, 7) is 7.71. The molecule has 1 aliphatic rings. The molecule has 0 aromatic heterocycles. The predicted octanol–water partition coefficient (Wildman–Crippen LogP) is 2.67. The highest BCUT2D eigenvalue weighted by molar-refractivity contribution is 5.98. The van der Waals surface area contributed by atoms with Crippen molar-refractivity contribution < 1.29 is 32.7 Å². The van der Waals surface area contributed by atoms with Crippen molar-refractivity contribution in [2.24, 2.45) is 5.41 Å². The molecule has 3 N–H and O–H groups in total. The Bertz CT molecular complexity index is 824. The second-order valence-corrected chi connectivity index (χ2v) is 9.14. The van der Waals surface area contributed by atoms with E-state index in [1.165, 1.54) is 11.1 Å². The zero-order valence-corrected chi connectivity index (χ0v) is 19.6. The van der Waals surface area contributed by atoms with Gasteiger partial charge >= 0.3 is 12.1 Å².